The molecule has 0 radical (unpaired) electrons. The molecule has 0 N–H and O–H groups in total. The third kappa shape index (κ3) is 3.68. The van der Waals surface area contributed by atoms with Crippen LogP contribution in [0.3, 0.4) is 0 Å². The predicted molar refractivity (Wildman–Crippen MR) is 96.2 cm³/mol. The Labute approximate surface area is 147 Å². The van der Waals surface area contributed by atoms with E-state index in [1.807, 2.05) is 18.2 Å². The second kappa shape index (κ2) is 7.64. The summed E-state index contributed by atoms with van der Waals surface area (Å²) in [7, 11) is 0. The van der Waals surface area contributed by atoms with E-state index in [-0.39, 0.29) is 5.56 Å². The zero-order valence-electron chi connectivity index (χ0n) is 13.4. The number of rotatable bonds is 3. The summed E-state index contributed by atoms with van der Waals surface area (Å²) in [6.07, 6.45) is 6.81. The highest BCUT2D eigenvalue weighted by molar-refractivity contribution is 6.25. The number of allylic oxidation sites excluding steroid dienone is 1. The van der Waals surface area contributed by atoms with Gasteiger partial charge in [-0.05, 0) is 66.3 Å². The molecular formula is C21H19ClFN. The number of benzene rings is 2. The van der Waals surface area contributed by atoms with Crippen LogP contribution < -0.4 is 0 Å². The van der Waals surface area contributed by atoms with Gasteiger partial charge in [-0.3, -0.25) is 0 Å². The summed E-state index contributed by atoms with van der Waals surface area (Å²) < 4.78 is 13.8. The second-order valence-electron chi connectivity index (χ2n) is 6.36. The molecule has 2 aromatic rings. The number of hydrogen-bond acceptors (Lipinski definition) is 1. The van der Waals surface area contributed by atoms with Crippen LogP contribution in [0.1, 0.15) is 42.7 Å². The van der Waals surface area contributed by atoms with Gasteiger partial charge >= 0.3 is 0 Å². The fraction of sp³-hybridized carbons (Fsp3) is 0.286. The highest BCUT2D eigenvalue weighted by Gasteiger charge is 2.20. The summed E-state index contributed by atoms with van der Waals surface area (Å²) >= 11 is 5.67. The maximum atomic E-state index is 13.8. The molecule has 2 aromatic carbocycles. The van der Waals surface area contributed by atoms with E-state index in [0.29, 0.717) is 11.8 Å². The average Bonchev–Trinajstić information content (AvgIpc) is 2.63. The van der Waals surface area contributed by atoms with Gasteiger partial charge in [-0.15, -0.1) is 0 Å². The molecular weight excluding hydrogens is 321 g/mol. The van der Waals surface area contributed by atoms with E-state index < -0.39 is 5.82 Å². The van der Waals surface area contributed by atoms with E-state index in [0.717, 1.165) is 11.1 Å². The fourth-order valence-corrected chi connectivity index (χ4v) is 3.69. The molecule has 0 amide bonds. The van der Waals surface area contributed by atoms with Crippen LogP contribution in [0.25, 0.3) is 11.1 Å². The lowest BCUT2D eigenvalue weighted by Crippen LogP contribution is -2.11. The highest BCUT2D eigenvalue weighted by atomic mass is 35.5. The molecule has 1 aliphatic rings. The molecule has 24 heavy (non-hydrogen) atoms. The molecule has 1 fully saturated rings. The standard InChI is InChI=1S/C21H19ClFN/c22-12-11-15-1-3-16(4-2-15)17-5-7-18(8-6-17)19-9-10-20(14-24)21(23)13-19/h5-13,15-16H,1-4H2. The molecule has 0 bridgehead atoms. The molecule has 0 aromatic heterocycles. The van der Waals surface area contributed by atoms with Crippen molar-refractivity contribution in [1.82, 2.24) is 0 Å². The summed E-state index contributed by atoms with van der Waals surface area (Å²) in [6.45, 7) is 0. The van der Waals surface area contributed by atoms with E-state index in [9.17, 15) is 4.39 Å². The van der Waals surface area contributed by atoms with E-state index in [2.05, 4.69) is 18.2 Å². The van der Waals surface area contributed by atoms with Crippen molar-refractivity contribution in [2.45, 2.75) is 31.6 Å². The van der Waals surface area contributed by atoms with Gasteiger partial charge in [-0.2, -0.15) is 5.26 Å². The minimum atomic E-state index is -0.468. The van der Waals surface area contributed by atoms with Crippen molar-refractivity contribution in [3.63, 3.8) is 0 Å². The lowest BCUT2D eigenvalue weighted by molar-refractivity contribution is 0.376. The highest BCUT2D eigenvalue weighted by Crippen LogP contribution is 2.37. The summed E-state index contributed by atoms with van der Waals surface area (Å²) in [4.78, 5) is 0. The van der Waals surface area contributed by atoms with Crippen LogP contribution in [-0.4, -0.2) is 0 Å². The smallest absolute Gasteiger partial charge is 0.141 e. The minimum Gasteiger partial charge on any atom is -0.206 e. The van der Waals surface area contributed by atoms with Crippen LogP contribution in [0, 0.1) is 23.1 Å². The molecule has 0 spiro atoms. The summed E-state index contributed by atoms with van der Waals surface area (Å²) in [5.74, 6) is 0.737. The summed E-state index contributed by atoms with van der Waals surface area (Å²) in [6, 6.07) is 15.0. The van der Waals surface area contributed by atoms with Crippen molar-refractivity contribution < 1.29 is 4.39 Å². The zero-order chi connectivity index (χ0) is 16.9. The fourth-order valence-electron chi connectivity index (χ4n) is 3.48. The van der Waals surface area contributed by atoms with E-state index >= 15 is 0 Å². The summed E-state index contributed by atoms with van der Waals surface area (Å²) in [5, 5.41) is 8.81. The Balaban J connectivity index is 1.72. The lowest BCUT2D eigenvalue weighted by Gasteiger charge is -2.27. The zero-order valence-corrected chi connectivity index (χ0v) is 14.1. The first-order valence-corrected chi connectivity index (χ1v) is 8.71. The quantitative estimate of drug-likeness (QED) is 0.635. The van der Waals surface area contributed by atoms with Crippen LogP contribution in [0.5, 0.6) is 0 Å². The molecule has 1 aliphatic carbocycles. The third-order valence-corrected chi connectivity index (χ3v) is 5.07. The van der Waals surface area contributed by atoms with E-state index in [1.165, 1.54) is 43.4 Å². The van der Waals surface area contributed by atoms with Crippen molar-refractivity contribution in [2.75, 3.05) is 0 Å². The van der Waals surface area contributed by atoms with Gasteiger partial charge < -0.3 is 0 Å². The van der Waals surface area contributed by atoms with Crippen molar-refractivity contribution in [3.8, 4) is 17.2 Å². The monoisotopic (exact) mass is 339 g/mol. The molecule has 0 atom stereocenters. The normalized spacial score (nSPS) is 20.9. The molecule has 3 rings (SSSR count). The van der Waals surface area contributed by atoms with Gasteiger partial charge in [-0.25, -0.2) is 4.39 Å². The summed E-state index contributed by atoms with van der Waals surface area (Å²) in [5.41, 5.74) is 4.84. The molecule has 3 heteroatoms. The van der Waals surface area contributed by atoms with Crippen LogP contribution in [-0.2, 0) is 0 Å². The number of hydrogen-bond donors (Lipinski definition) is 0. The lowest BCUT2D eigenvalue weighted by atomic mass is 9.78. The predicted octanol–water partition coefficient (Wildman–Crippen LogP) is 6.39. The first-order valence-electron chi connectivity index (χ1n) is 8.28. The minimum absolute atomic E-state index is 0.0816. The van der Waals surface area contributed by atoms with Gasteiger partial charge in [0, 0.05) is 5.54 Å². The van der Waals surface area contributed by atoms with Crippen molar-refractivity contribution in [2.24, 2.45) is 5.92 Å². The second-order valence-corrected chi connectivity index (χ2v) is 6.61. The molecule has 0 aliphatic heterocycles. The molecule has 0 heterocycles. The van der Waals surface area contributed by atoms with Crippen molar-refractivity contribution in [1.29, 1.82) is 5.26 Å². The van der Waals surface area contributed by atoms with Gasteiger partial charge in [-0.1, -0.05) is 48.0 Å². The topological polar surface area (TPSA) is 23.8 Å². The van der Waals surface area contributed by atoms with Gasteiger partial charge in [0.1, 0.15) is 11.9 Å². The van der Waals surface area contributed by atoms with E-state index in [1.54, 1.807) is 11.6 Å². The number of nitriles is 1. The Hall–Kier alpha value is -2.11. The first-order chi connectivity index (χ1) is 11.7. The Bertz CT molecular complexity index is 765. The van der Waals surface area contributed by atoms with Gasteiger partial charge in [0.25, 0.3) is 0 Å². The third-order valence-electron chi connectivity index (χ3n) is 4.92. The first kappa shape index (κ1) is 16.7. The van der Waals surface area contributed by atoms with Gasteiger partial charge in [0.05, 0.1) is 5.56 Å². The Morgan fingerprint density at radius 3 is 2.25 bits per heavy atom. The largest absolute Gasteiger partial charge is 0.206 e. The SMILES string of the molecule is N#Cc1ccc(-c2ccc(C3CCC(C=CCl)CC3)cc2)cc1F. The van der Waals surface area contributed by atoms with Crippen molar-refractivity contribution in [3.05, 3.63) is 71.0 Å². The molecule has 1 saturated carbocycles. The van der Waals surface area contributed by atoms with Crippen LogP contribution >= 0.6 is 11.6 Å². The average molecular weight is 340 g/mol. The molecule has 122 valence electrons. The molecule has 1 nitrogen and oxygen atoms in total. The van der Waals surface area contributed by atoms with Crippen LogP contribution in [0.2, 0.25) is 0 Å². The van der Waals surface area contributed by atoms with Crippen molar-refractivity contribution >= 4 is 11.6 Å². The Kier molecular flexibility index (Phi) is 5.33. The van der Waals surface area contributed by atoms with Crippen LogP contribution in [0.4, 0.5) is 4.39 Å². The van der Waals surface area contributed by atoms with E-state index in [4.69, 9.17) is 16.9 Å². The van der Waals surface area contributed by atoms with Gasteiger partial charge in [0.2, 0.25) is 0 Å². The Morgan fingerprint density at radius 2 is 1.67 bits per heavy atom. The number of nitrogens with zero attached hydrogens (tertiary/aromatic N) is 1. The maximum absolute atomic E-state index is 13.8. The molecule has 0 unspecified atom stereocenters. The molecule has 0 saturated heterocycles. The van der Waals surface area contributed by atoms with Gasteiger partial charge in [0.15, 0.2) is 0 Å². The Morgan fingerprint density at radius 1 is 1.00 bits per heavy atom. The number of halogens is 2. The van der Waals surface area contributed by atoms with Crippen LogP contribution in [0.15, 0.2) is 54.1 Å². The maximum Gasteiger partial charge on any atom is 0.141 e.